The molecule has 1 saturated carbocycles. The Morgan fingerprint density at radius 1 is 1.27 bits per heavy atom. The summed E-state index contributed by atoms with van der Waals surface area (Å²) in [6.45, 7) is 4.68. The fourth-order valence-electron chi connectivity index (χ4n) is 3.86. The molecule has 1 fully saturated rings. The van der Waals surface area contributed by atoms with Gasteiger partial charge < -0.3 is 16.8 Å². The minimum atomic E-state index is -0.467. The molecule has 0 aromatic heterocycles. The fraction of sp³-hybridized carbons (Fsp3) is 0.526. The molecule has 0 radical (unpaired) electrons. The number of carbonyl (C=O) groups excluding carboxylic acids is 1. The Labute approximate surface area is 154 Å². The predicted molar refractivity (Wildman–Crippen MR) is 105 cm³/mol. The molecule has 1 amide bonds. The summed E-state index contributed by atoms with van der Waals surface area (Å²) in [5, 5.41) is 2.91. The van der Waals surface area contributed by atoms with Gasteiger partial charge in [0.05, 0.1) is 0 Å². The zero-order valence-electron chi connectivity index (χ0n) is 15.6. The van der Waals surface area contributed by atoms with E-state index in [0.29, 0.717) is 18.1 Å². The van der Waals surface area contributed by atoms with Gasteiger partial charge in [0.15, 0.2) is 0 Å². The van der Waals surface area contributed by atoms with E-state index in [0.717, 1.165) is 43.4 Å². The molecule has 1 aromatic rings. The second-order valence-electron chi connectivity index (χ2n) is 7.08. The van der Waals surface area contributed by atoms with E-state index in [4.69, 9.17) is 16.5 Å². The minimum Gasteiger partial charge on any atom is -0.369 e. The maximum absolute atomic E-state index is 12.2. The first kappa shape index (κ1) is 18.2. The van der Waals surface area contributed by atoms with Crippen molar-refractivity contribution in [2.45, 2.75) is 58.0 Å². The molecule has 0 saturated heterocycles. The van der Waals surface area contributed by atoms with Crippen LogP contribution in [0.2, 0.25) is 0 Å². The zero-order chi connectivity index (χ0) is 18.7. The van der Waals surface area contributed by atoms with Crippen molar-refractivity contribution >= 4 is 23.5 Å². The fourth-order valence-corrected chi connectivity index (χ4v) is 3.86. The van der Waals surface area contributed by atoms with Gasteiger partial charge in [0.1, 0.15) is 5.66 Å². The molecule has 1 spiro atoms. The third-order valence-electron chi connectivity index (χ3n) is 5.09. The second-order valence-corrected chi connectivity index (χ2v) is 7.08. The van der Waals surface area contributed by atoms with E-state index in [9.17, 15) is 4.79 Å². The maximum Gasteiger partial charge on any atom is 0.251 e. The van der Waals surface area contributed by atoms with E-state index in [1.165, 1.54) is 6.42 Å². The first-order chi connectivity index (χ1) is 12.5. The summed E-state index contributed by atoms with van der Waals surface area (Å²) < 4.78 is 0. The molecule has 26 heavy (non-hydrogen) atoms. The highest BCUT2D eigenvalue weighted by molar-refractivity contribution is 6.06. The lowest BCUT2D eigenvalue weighted by molar-refractivity contribution is 0.0953. The van der Waals surface area contributed by atoms with Crippen molar-refractivity contribution in [3.8, 4) is 0 Å². The van der Waals surface area contributed by atoms with Gasteiger partial charge in [0, 0.05) is 17.8 Å². The summed E-state index contributed by atoms with van der Waals surface area (Å²) in [5.74, 6) is 0.552. The van der Waals surface area contributed by atoms with Gasteiger partial charge in [-0.25, -0.2) is 4.99 Å². The second kappa shape index (κ2) is 7.35. The number of hydrogen-bond donors (Lipinski definition) is 3. The maximum atomic E-state index is 12.2. The van der Waals surface area contributed by atoms with Crippen LogP contribution in [0.1, 0.15) is 61.4 Å². The molecule has 3 rings (SSSR count). The molecule has 7 heteroatoms. The van der Waals surface area contributed by atoms with Crippen molar-refractivity contribution in [2.24, 2.45) is 21.5 Å². The first-order valence-electron chi connectivity index (χ1n) is 9.35. The molecule has 140 valence electrons. The lowest BCUT2D eigenvalue weighted by Crippen LogP contribution is -2.58. The smallest absolute Gasteiger partial charge is 0.251 e. The molecular formula is C19H28N6O. The van der Waals surface area contributed by atoms with Crippen LogP contribution in [0.15, 0.2) is 28.2 Å². The molecular weight excluding hydrogens is 328 g/mol. The van der Waals surface area contributed by atoms with Crippen LogP contribution >= 0.6 is 0 Å². The highest BCUT2D eigenvalue weighted by Gasteiger charge is 2.43. The van der Waals surface area contributed by atoms with E-state index in [1.807, 2.05) is 36.9 Å². The van der Waals surface area contributed by atoms with Crippen LogP contribution in [0, 0.1) is 6.92 Å². The van der Waals surface area contributed by atoms with E-state index in [-0.39, 0.29) is 11.9 Å². The largest absolute Gasteiger partial charge is 0.369 e. The average molecular weight is 356 g/mol. The van der Waals surface area contributed by atoms with Crippen LogP contribution in [0.25, 0.3) is 0 Å². The Hall–Kier alpha value is -2.57. The third-order valence-corrected chi connectivity index (χ3v) is 5.09. The Morgan fingerprint density at radius 3 is 2.65 bits per heavy atom. The number of rotatable bonds is 4. The van der Waals surface area contributed by atoms with Crippen molar-refractivity contribution < 1.29 is 4.79 Å². The van der Waals surface area contributed by atoms with Gasteiger partial charge in [0.2, 0.25) is 11.9 Å². The van der Waals surface area contributed by atoms with E-state index < -0.39 is 5.66 Å². The molecule has 1 heterocycles. The van der Waals surface area contributed by atoms with Gasteiger partial charge in [-0.1, -0.05) is 13.3 Å². The van der Waals surface area contributed by atoms with Crippen molar-refractivity contribution in [3.05, 3.63) is 29.3 Å². The third kappa shape index (κ3) is 3.38. The summed E-state index contributed by atoms with van der Waals surface area (Å²) in [4.78, 5) is 23.1. The number of guanidine groups is 2. The summed E-state index contributed by atoms with van der Waals surface area (Å²) in [5.41, 5.74) is 14.3. The van der Waals surface area contributed by atoms with Crippen molar-refractivity contribution in [1.29, 1.82) is 0 Å². The minimum absolute atomic E-state index is 0.0589. The summed E-state index contributed by atoms with van der Waals surface area (Å²) in [7, 11) is 0. The van der Waals surface area contributed by atoms with E-state index >= 15 is 0 Å². The zero-order valence-corrected chi connectivity index (χ0v) is 15.6. The Balaban J connectivity index is 1.96. The van der Waals surface area contributed by atoms with Gasteiger partial charge in [-0.3, -0.25) is 9.69 Å². The topological polar surface area (TPSA) is 109 Å². The lowest BCUT2D eigenvalue weighted by Gasteiger charge is -2.46. The molecule has 1 aliphatic heterocycles. The number of aliphatic imine (C=N–C) groups is 2. The number of hydrogen-bond acceptors (Lipinski definition) is 6. The number of nitrogens with zero attached hydrogens (tertiary/aromatic N) is 3. The van der Waals surface area contributed by atoms with Crippen LogP contribution < -0.4 is 21.7 Å². The van der Waals surface area contributed by atoms with Crippen molar-refractivity contribution in [1.82, 2.24) is 5.32 Å². The van der Waals surface area contributed by atoms with Gasteiger partial charge in [-0.15, -0.1) is 0 Å². The Kier molecular flexibility index (Phi) is 5.15. The number of nitrogens with two attached hydrogens (primary N) is 2. The highest BCUT2D eigenvalue weighted by Crippen LogP contribution is 2.40. The molecule has 1 aromatic carbocycles. The highest BCUT2D eigenvalue weighted by atomic mass is 16.1. The van der Waals surface area contributed by atoms with Crippen LogP contribution in [-0.2, 0) is 0 Å². The van der Waals surface area contributed by atoms with Gasteiger partial charge in [-0.05, 0) is 62.8 Å². The molecule has 1 aliphatic carbocycles. The number of anilines is 1. The molecule has 2 aliphatic rings. The van der Waals surface area contributed by atoms with Gasteiger partial charge in [0.25, 0.3) is 5.91 Å². The standard InChI is InChI=1S/C19H28N6O/c1-3-11-22-16(26)14-7-8-15(13(2)12-14)25-18(21)23-17(20)24-19(25)9-5-4-6-10-19/h7-8,12H,3-6,9-11H2,1-2H3,(H,22,26)(H4,20,21,23,24). The van der Waals surface area contributed by atoms with Crippen LogP contribution in [-0.4, -0.2) is 30.0 Å². The predicted octanol–water partition coefficient (Wildman–Crippen LogP) is 2.24. The van der Waals surface area contributed by atoms with Crippen molar-refractivity contribution in [3.63, 3.8) is 0 Å². The van der Waals surface area contributed by atoms with Crippen LogP contribution in [0.4, 0.5) is 5.69 Å². The summed E-state index contributed by atoms with van der Waals surface area (Å²) in [6.07, 6.45) is 6.04. The molecule has 5 N–H and O–H groups in total. The van der Waals surface area contributed by atoms with E-state index in [2.05, 4.69) is 10.3 Å². The van der Waals surface area contributed by atoms with E-state index in [1.54, 1.807) is 0 Å². The molecule has 0 atom stereocenters. The monoisotopic (exact) mass is 356 g/mol. The first-order valence-corrected chi connectivity index (χ1v) is 9.35. The average Bonchev–Trinajstić information content (AvgIpc) is 2.61. The lowest BCUT2D eigenvalue weighted by atomic mass is 9.87. The summed E-state index contributed by atoms with van der Waals surface area (Å²) in [6, 6.07) is 5.66. The van der Waals surface area contributed by atoms with Crippen LogP contribution in [0.3, 0.4) is 0 Å². The molecule has 7 nitrogen and oxygen atoms in total. The number of aryl methyl sites for hydroxylation is 1. The number of amides is 1. The Morgan fingerprint density at radius 2 is 2.00 bits per heavy atom. The molecule has 0 unspecified atom stereocenters. The van der Waals surface area contributed by atoms with Crippen molar-refractivity contribution in [2.75, 3.05) is 11.4 Å². The van der Waals surface area contributed by atoms with Gasteiger partial charge >= 0.3 is 0 Å². The molecule has 0 bridgehead atoms. The van der Waals surface area contributed by atoms with Gasteiger partial charge in [-0.2, -0.15) is 4.99 Å². The number of carbonyl (C=O) groups is 1. The number of benzene rings is 1. The quantitative estimate of drug-likeness (QED) is 0.768. The SMILES string of the molecule is CCCNC(=O)c1ccc(N2C(N)=NC(N)=NC23CCCCC3)c(C)c1. The number of nitrogens with one attached hydrogen (secondary N) is 1. The Bertz CT molecular complexity index is 748. The normalized spacial score (nSPS) is 19.1. The summed E-state index contributed by atoms with van der Waals surface area (Å²) >= 11 is 0. The van der Waals surface area contributed by atoms with Crippen LogP contribution in [0.5, 0.6) is 0 Å².